The molecule has 96 valence electrons. The molecule has 6 heteroatoms. The molecule has 1 aromatic heterocycles. The highest BCUT2D eigenvalue weighted by Crippen LogP contribution is 2.26. The molecule has 1 aromatic rings. The molecular weight excluding hydrogens is 218 g/mol. The third-order valence-electron chi connectivity index (χ3n) is 3.06. The Labute approximate surface area is 102 Å². The summed E-state index contributed by atoms with van der Waals surface area (Å²) in [6.45, 7) is 8.61. The third kappa shape index (κ3) is 3.23. The first kappa shape index (κ1) is 12.4. The van der Waals surface area contributed by atoms with E-state index in [0.717, 1.165) is 31.8 Å². The Morgan fingerprint density at radius 2 is 2.35 bits per heavy atom. The molecule has 0 spiro atoms. The first-order chi connectivity index (χ1) is 8.09. The molecule has 2 heterocycles. The summed E-state index contributed by atoms with van der Waals surface area (Å²) in [5, 5.41) is 15.1. The Hall–Kier alpha value is -1.01. The minimum atomic E-state index is -0.109. The van der Waals surface area contributed by atoms with Gasteiger partial charge in [-0.25, -0.2) is 4.68 Å². The van der Waals surface area contributed by atoms with Crippen molar-refractivity contribution < 1.29 is 4.74 Å². The Kier molecular flexibility index (Phi) is 3.73. The maximum Gasteiger partial charge on any atom is 0.165 e. The molecule has 0 amide bonds. The minimum Gasteiger partial charge on any atom is -0.373 e. The van der Waals surface area contributed by atoms with Crippen LogP contribution in [0.3, 0.4) is 0 Å². The van der Waals surface area contributed by atoms with Crippen molar-refractivity contribution >= 4 is 0 Å². The largest absolute Gasteiger partial charge is 0.373 e. The predicted octanol–water partition coefficient (Wildman–Crippen LogP) is 0.740. The van der Waals surface area contributed by atoms with Gasteiger partial charge in [-0.3, -0.25) is 0 Å². The number of nitrogens with one attached hydrogen (secondary N) is 1. The molecule has 1 fully saturated rings. The summed E-state index contributed by atoms with van der Waals surface area (Å²) in [7, 11) is 0. The van der Waals surface area contributed by atoms with Crippen LogP contribution in [0.4, 0.5) is 0 Å². The lowest BCUT2D eigenvalue weighted by atomic mass is 10.0. The van der Waals surface area contributed by atoms with Gasteiger partial charge in [0.15, 0.2) is 5.82 Å². The van der Waals surface area contributed by atoms with Gasteiger partial charge in [-0.05, 0) is 30.2 Å². The second-order valence-corrected chi connectivity index (χ2v) is 5.19. The molecule has 0 saturated carbocycles. The van der Waals surface area contributed by atoms with E-state index in [1.54, 1.807) is 0 Å². The van der Waals surface area contributed by atoms with E-state index in [1.807, 2.05) is 4.68 Å². The number of ether oxygens (including phenoxy) is 1. The average molecular weight is 239 g/mol. The maximum absolute atomic E-state index is 5.76. The summed E-state index contributed by atoms with van der Waals surface area (Å²) in [4.78, 5) is 0. The highest BCUT2D eigenvalue weighted by Gasteiger charge is 2.31. The minimum absolute atomic E-state index is 0.109. The van der Waals surface area contributed by atoms with Crippen LogP contribution in [0.1, 0.15) is 39.4 Å². The Balaban J connectivity index is 1.98. The summed E-state index contributed by atoms with van der Waals surface area (Å²) in [6.07, 6.45) is 2.20. The zero-order valence-electron chi connectivity index (χ0n) is 10.8. The summed E-state index contributed by atoms with van der Waals surface area (Å²) >= 11 is 0. The van der Waals surface area contributed by atoms with Gasteiger partial charge in [-0.1, -0.05) is 13.8 Å². The number of hydrogen-bond acceptors (Lipinski definition) is 5. The number of hydrogen-bond donors (Lipinski definition) is 1. The molecule has 1 unspecified atom stereocenters. The molecule has 2 rings (SSSR count). The van der Waals surface area contributed by atoms with Crippen molar-refractivity contribution in [1.82, 2.24) is 25.5 Å². The van der Waals surface area contributed by atoms with Crippen molar-refractivity contribution in [2.45, 2.75) is 58.3 Å². The molecule has 0 aromatic carbocycles. The third-order valence-corrected chi connectivity index (χ3v) is 3.06. The topological polar surface area (TPSA) is 64.9 Å². The average Bonchev–Trinajstić information content (AvgIpc) is 2.85. The molecule has 6 nitrogen and oxygen atoms in total. The van der Waals surface area contributed by atoms with Gasteiger partial charge in [0.25, 0.3) is 0 Å². The van der Waals surface area contributed by atoms with E-state index in [-0.39, 0.29) is 5.60 Å². The maximum atomic E-state index is 5.76. The van der Waals surface area contributed by atoms with Gasteiger partial charge in [0.05, 0.1) is 18.7 Å². The molecule has 0 radical (unpaired) electrons. The Morgan fingerprint density at radius 3 is 3.00 bits per heavy atom. The lowest BCUT2D eigenvalue weighted by Crippen LogP contribution is -2.32. The molecule has 1 aliphatic rings. The summed E-state index contributed by atoms with van der Waals surface area (Å²) in [5.74, 6) is 0.871. The molecule has 0 aliphatic carbocycles. The summed E-state index contributed by atoms with van der Waals surface area (Å²) in [5.41, 5.74) is -0.109. The lowest BCUT2D eigenvalue weighted by Gasteiger charge is -2.23. The fraction of sp³-hybridized carbons (Fsp3) is 0.909. The van der Waals surface area contributed by atoms with Gasteiger partial charge in [-0.15, -0.1) is 5.10 Å². The van der Waals surface area contributed by atoms with Crippen molar-refractivity contribution in [2.75, 3.05) is 6.61 Å². The summed E-state index contributed by atoms with van der Waals surface area (Å²) < 4.78 is 7.61. The zero-order valence-corrected chi connectivity index (χ0v) is 10.8. The van der Waals surface area contributed by atoms with E-state index in [0.29, 0.717) is 12.6 Å². The summed E-state index contributed by atoms with van der Waals surface area (Å²) in [6, 6.07) is 0.429. The first-order valence-electron chi connectivity index (χ1n) is 6.21. The van der Waals surface area contributed by atoms with Crippen LogP contribution < -0.4 is 5.32 Å². The van der Waals surface area contributed by atoms with E-state index in [4.69, 9.17) is 4.74 Å². The number of rotatable bonds is 5. The monoisotopic (exact) mass is 239 g/mol. The van der Waals surface area contributed by atoms with Gasteiger partial charge in [0.2, 0.25) is 0 Å². The second kappa shape index (κ2) is 5.10. The molecule has 1 atom stereocenters. The van der Waals surface area contributed by atoms with Crippen molar-refractivity contribution in [2.24, 2.45) is 0 Å². The number of tetrazole rings is 1. The van der Waals surface area contributed by atoms with Crippen molar-refractivity contribution in [3.05, 3.63) is 5.82 Å². The second-order valence-electron chi connectivity index (χ2n) is 5.19. The van der Waals surface area contributed by atoms with E-state index in [9.17, 15) is 0 Å². The zero-order chi connectivity index (χ0) is 12.3. The normalized spacial score (nSPS) is 24.7. The SMILES string of the molecule is CC(C)NCc1nnnn1CC1(C)CCCO1. The fourth-order valence-corrected chi connectivity index (χ4v) is 2.05. The Morgan fingerprint density at radius 1 is 1.53 bits per heavy atom. The van der Waals surface area contributed by atoms with Gasteiger partial charge in [-0.2, -0.15) is 0 Å². The van der Waals surface area contributed by atoms with Crippen LogP contribution in [0, 0.1) is 0 Å². The quantitative estimate of drug-likeness (QED) is 0.821. The van der Waals surface area contributed by atoms with E-state index in [1.165, 1.54) is 0 Å². The van der Waals surface area contributed by atoms with E-state index < -0.39 is 0 Å². The van der Waals surface area contributed by atoms with Crippen molar-refractivity contribution in [3.63, 3.8) is 0 Å². The Bertz CT molecular complexity index is 356. The molecule has 1 N–H and O–H groups in total. The van der Waals surface area contributed by atoms with E-state index >= 15 is 0 Å². The number of nitrogens with zero attached hydrogens (tertiary/aromatic N) is 4. The van der Waals surface area contributed by atoms with Crippen LogP contribution in [0.5, 0.6) is 0 Å². The number of aromatic nitrogens is 4. The van der Waals surface area contributed by atoms with Crippen LogP contribution in [0.2, 0.25) is 0 Å². The van der Waals surface area contributed by atoms with Gasteiger partial charge in [0.1, 0.15) is 0 Å². The molecule has 0 bridgehead atoms. The van der Waals surface area contributed by atoms with Gasteiger partial charge >= 0.3 is 0 Å². The smallest absolute Gasteiger partial charge is 0.165 e. The van der Waals surface area contributed by atoms with Crippen LogP contribution in [-0.4, -0.2) is 38.5 Å². The van der Waals surface area contributed by atoms with Crippen LogP contribution in [0.25, 0.3) is 0 Å². The van der Waals surface area contributed by atoms with E-state index in [2.05, 4.69) is 41.6 Å². The van der Waals surface area contributed by atoms with Crippen molar-refractivity contribution in [3.8, 4) is 0 Å². The fourth-order valence-electron chi connectivity index (χ4n) is 2.05. The highest BCUT2D eigenvalue weighted by molar-refractivity contribution is 4.86. The molecule has 17 heavy (non-hydrogen) atoms. The van der Waals surface area contributed by atoms with Crippen LogP contribution >= 0.6 is 0 Å². The highest BCUT2D eigenvalue weighted by atomic mass is 16.5. The molecule has 1 saturated heterocycles. The molecule has 1 aliphatic heterocycles. The van der Waals surface area contributed by atoms with Gasteiger partial charge in [0, 0.05) is 12.6 Å². The first-order valence-corrected chi connectivity index (χ1v) is 6.21. The van der Waals surface area contributed by atoms with Crippen LogP contribution in [0.15, 0.2) is 0 Å². The van der Waals surface area contributed by atoms with Gasteiger partial charge < -0.3 is 10.1 Å². The van der Waals surface area contributed by atoms with Crippen LogP contribution in [-0.2, 0) is 17.8 Å². The van der Waals surface area contributed by atoms with Crippen molar-refractivity contribution in [1.29, 1.82) is 0 Å². The predicted molar refractivity (Wildman–Crippen MR) is 63.4 cm³/mol. The lowest BCUT2D eigenvalue weighted by molar-refractivity contribution is 0.00243. The standard InChI is InChI=1S/C11H21N5O/c1-9(2)12-7-10-13-14-15-16(10)8-11(3)5-4-6-17-11/h9,12H,4-8H2,1-3H3. The molecular formula is C11H21N5O.